The molecule has 3 atom stereocenters. The first kappa shape index (κ1) is 13.7. The molecule has 1 heterocycles. The van der Waals surface area contributed by atoms with Gasteiger partial charge in [0.05, 0.1) is 0 Å². The Balaban J connectivity index is 2.16. The van der Waals surface area contributed by atoms with Gasteiger partial charge in [-0.1, -0.05) is 18.7 Å². The van der Waals surface area contributed by atoms with Crippen molar-refractivity contribution < 1.29 is 0 Å². The summed E-state index contributed by atoms with van der Waals surface area (Å²) in [7, 11) is 0. The normalized spacial score (nSPS) is 28.8. The van der Waals surface area contributed by atoms with Gasteiger partial charge in [-0.25, -0.2) is 9.89 Å². The third-order valence-electron chi connectivity index (χ3n) is 3.55. The second-order valence-corrected chi connectivity index (χ2v) is 6.72. The lowest BCUT2D eigenvalue weighted by molar-refractivity contribution is 0.356. The molecular weight excluding hydrogens is 248 g/mol. The number of hydrogen-bond donors (Lipinski definition) is 2. The monoisotopic (exact) mass is 270 g/mol. The van der Waals surface area contributed by atoms with Crippen molar-refractivity contribution in [2.45, 2.75) is 62.5 Å². The van der Waals surface area contributed by atoms with Gasteiger partial charge in [0, 0.05) is 17.3 Å². The quantitative estimate of drug-likeness (QED) is 0.877. The van der Waals surface area contributed by atoms with Gasteiger partial charge in [0.15, 0.2) is 5.16 Å². The standard InChI is InChI=1S/C12H22N4OS/c1-7(2)16-11(17)14-15-12(16)18-10-6-8(3)4-5-9(10)13/h7-10H,4-6,13H2,1-3H3,(H,14,17). The van der Waals surface area contributed by atoms with Crippen molar-refractivity contribution >= 4 is 11.8 Å². The highest BCUT2D eigenvalue weighted by atomic mass is 32.2. The number of H-pyrrole nitrogens is 1. The van der Waals surface area contributed by atoms with Crippen LogP contribution in [0.5, 0.6) is 0 Å². The Morgan fingerprint density at radius 1 is 1.50 bits per heavy atom. The molecule has 1 saturated carbocycles. The zero-order valence-corrected chi connectivity index (χ0v) is 12.0. The van der Waals surface area contributed by atoms with Gasteiger partial charge in [-0.2, -0.15) is 0 Å². The first-order valence-electron chi connectivity index (χ1n) is 6.58. The highest BCUT2D eigenvalue weighted by Crippen LogP contribution is 2.34. The van der Waals surface area contributed by atoms with Gasteiger partial charge < -0.3 is 5.73 Å². The number of rotatable bonds is 3. The number of nitrogens with two attached hydrogens (primary N) is 1. The van der Waals surface area contributed by atoms with Crippen LogP contribution in [0.25, 0.3) is 0 Å². The van der Waals surface area contributed by atoms with E-state index in [0.29, 0.717) is 11.2 Å². The van der Waals surface area contributed by atoms with Gasteiger partial charge in [-0.05, 0) is 39.0 Å². The molecule has 1 fully saturated rings. The van der Waals surface area contributed by atoms with Gasteiger partial charge in [-0.15, -0.1) is 5.10 Å². The SMILES string of the molecule is CC1CCC(N)C(Sc2n[nH]c(=O)n2C(C)C)C1. The van der Waals surface area contributed by atoms with Crippen molar-refractivity contribution in [2.24, 2.45) is 11.7 Å². The van der Waals surface area contributed by atoms with E-state index in [1.54, 1.807) is 16.3 Å². The minimum absolute atomic E-state index is 0.121. The molecule has 0 aliphatic heterocycles. The van der Waals surface area contributed by atoms with E-state index >= 15 is 0 Å². The van der Waals surface area contributed by atoms with E-state index in [9.17, 15) is 4.79 Å². The van der Waals surface area contributed by atoms with Crippen LogP contribution < -0.4 is 11.4 Å². The molecule has 0 aromatic carbocycles. The average Bonchev–Trinajstić information content (AvgIpc) is 2.65. The Morgan fingerprint density at radius 3 is 2.89 bits per heavy atom. The van der Waals surface area contributed by atoms with Crippen molar-refractivity contribution in [1.29, 1.82) is 0 Å². The zero-order chi connectivity index (χ0) is 13.3. The van der Waals surface area contributed by atoms with Crippen molar-refractivity contribution in [3.63, 3.8) is 0 Å². The third kappa shape index (κ3) is 2.80. The van der Waals surface area contributed by atoms with Gasteiger partial charge in [0.25, 0.3) is 0 Å². The molecule has 1 aromatic rings. The fourth-order valence-electron chi connectivity index (χ4n) is 2.45. The predicted molar refractivity (Wildman–Crippen MR) is 73.9 cm³/mol. The highest BCUT2D eigenvalue weighted by molar-refractivity contribution is 7.99. The van der Waals surface area contributed by atoms with E-state index < -0.39 is 0 Å². The Bertz CT molecular complexity index is 453. The Hall–Kier alpha value is -0.750. The number of nitrogens with zero attached hydrogens (tertiary/aromatic N) is 2. The summed E-state index contributed by atoms with van der Waals surface area (Å²) in [6, 6.07) is 0.328. The molecule has 102 valence electrons. The van der Waals surface area contributed by atoms with E-state index in [1.165, 1.54) is 6.42 Å². The Morgan fingerprint density at radius 2 is 2.22 bits per heavy atom. The maximum atomic E-state index is 11.7. The fraction of sp³-hybridized carbons (Fsp3) is 0.833. The molecule has 0 radical (unpaired) electrons. The maximum absolute atomic E-state index is 11.7. The minimum atomic E-state index is -0.134. The van der Waals surface area contributed by atoms with Crippen LogP contribution in [-0.2, 0) is 0 Å². The lowest BCUT2D eigenvalue weighted by Crippen LogP contribution is -2.38. The van der Waals surface area contributed by atoms with Crippen LogP contribution in [-0.4, -0.2) is 26.1 Å². The fourth-order valence-corrected chi connectivity index (χ4v) is 3.96. The molecule has 0 bridgehead atoms. The molecule has 18 heavy (non-hydrogen) atoms. The molecule has 3 unspecified atom stereocenters. The average molecular weight is 270 g/mol. The van der Waals surface area contributed by atoms with Crippen LogP contribution in [0.2, 0.25) is 0 Å². The summed E-state index contributed by atoms with van der Waals surface area (Å²) in [5.41, 5.74) is 6.04. The largest absolute Gasteiger partial charge is 0.344 e. The molecule has 1 aliphatic carbocycles. The lowest BCUT2D eigenvalue weighted by atomic mass is 9.87. The highest BCUT2D eigenvalue weighted by Gasteiger charge is 2.28. The maximum Gasteiger partial charge on any atom is 0.344 e. The molecule has 1 aliphatic rings. The molecule has 6 heteroatoms. The van der Waals surface area contributed by atoms with E-state index in [0.717, 1.165) is 18.0 Å². The summed E-state index contributed by atoms with van der Waals surface area (Å²) in [4.78, 5) is 11.7. The van der Waals surface area contributed by atoms with Crippen molar-refractivity contribution in [3.05, 3.63) is 10.5 Å². The lowest BCUT2D eigenvalue weighted by Gasteiger charge is -2.31. The van der Waals surface area contributed by atoms with Gasteiger partial charge in [0.1, 0.15) is 0 Å². The zero-order valence-electron chi connectivity index (χ0n) is 11.2. The van der Waals surface area contributed by atoms with Crippen LogP contribution in [0.1, 0.15) is 46.1 Å². The van der Waals surface area contributed by atoms with Crippen LogP contribution in [0.15, 0.2) is 9.95 Å². The van der Waals surface area contributed by atoms with Gasteiger partial charge in [-0.3, -0.25) is 4.57 Å². The summed E-state index contributed by atoms with van der Waals surface area (Å²) in [6.45, 7) is 6.24. The molecule has 2 rings (SSSR count). The second kappa shape index (κ2) is 5.48. The Labute approximate surface area is 112 Å². The topological polar surface area (TPSA) is 76.7 Å². The molecule has 0 spiro atoms. The van der Waals surface area contributed by atoms with Crippen molar-refractivity contribution in [1.82, 2.24) is 14.8 Å². The molecule has 5 nitrogen and oxygen atoms in total. The van der Waals surface area contributed by atoms with E-state index in [-0.39, 0.29) is 17.8 Å². The summed E-state index contributed by atoms with van der Waals surface area (Å²) >= 11 is 1.65. The van der Waals surface area contributed by atoms with E-state index in [1.807, 2.05) is 13.8 Å². The second-order valence-electron chi connectivity index (χ2n) is 5.51. The van der Waals surface area contributed by atoms with Crippen LogP contribution in [0, 0.1) is 5.92 Å². The van der Waals surface area contributed by atoms with E-state index in [2.05, 4.69) is 17.1 Å². The minimum Gasteiger partial charge on any atom is -0.327 e. The summed E-state index contributed by atoms with van der Waals surface area (Å²) in [5.74, 6) is 0.709. The summed E-state index contributed by atoms with van der Waals surface area (Å²) < 4.78 is 1.71. The molecular formula is C12H22N4OS. The Kier molecular flexibility index (Phi) is 4.17. The molecule has 1 aromatic heterocycles. The number of thioether (sulfide) groups is 1. The molecule has 0 saturated heterocycles. The summed E-state index contributed by atoms with van der Waals surface area (Å²) in [5, 5.41) is 7.78. The molecule has 0 amide bonds. The van der Waals surface area contributed by atoms with Gasteiger partial charge >= 0.3 is 5.69 Å². The van der Waals surface area contributed by atoms with Crippen molar-refractivity contribution in [3.8, 4) is 0 Å². The van der Waals surface area contributed by atoms with Crippen molar-refractivity contribution in [2.75, 3.05) is 0 Å². The molecule has 3 N–H and O–H groups in total. The van der Waals surface area contributed by atoms with Crippen LogP contribution in [0.4, 0.5) is 0 Å². The first-order chi connectivity index (χ1) is 8.49. The summed E-state index contributed by atoms with van der Waals surface area (Å²) in [6.07, 6.45) is 3.37. The van der Waals surface area contributed by atoms with E-state index in [4.69, 9.17) is 5.73 Å². The first-order valence-corrected chi connectivity index (χ1v) is 7.46. The number of nitrogens with one attached hydrogen (secondary N) is 1. The predicted octanol–water partition coefficient (Wildman–Crippen LogP) is 1.76. The number of hydrogen-bond acceptors (Lipinski definition) is 4. The third-order valence-corrected chi connectivity index (χ3v) is 4.89. The number of aromatic amines is 1. The van der Waals surface area contributed by atoms with Gasteiger partial charge in [0.2, 0.25) is 0 Å². The smallest absolute Gasteiger partial charge is 0.327 e. The number of aromatic nitrogens is 3. The van der Waals surface area contributed by atoms with Crippen LogP contribution in [0.3, 0.4) is 0 Å². The van der Waals surface area contributed by atoms with Crippen LogP contribution >= 0.6 is 11.8 Å².